The number of fused-ring (bicyclic) bond motifs is 4. The average Bonchev–Trinajstić information content (AvgIpc) is 3.73. The first-order valence-corrected chi connectivity index (χ1v) is 23.9. The Kier molecular flexibility index (Phi) is 8.78. The maximum atomic E-state index is 8.60. The van der Waals surface area contributed by atoms with Gasteiger partial charge >= 0.3 is 139 Å². The van der Waals surface area contributed by atoms with Gasteiger partial charge in [-0.25, -0.2) is 0 Å². The standard InChI is InChI=1S/C25H15N2O.C19H26GeN.Ir/c1-2-8-18(9-3-1)27-22-12-6-5-11-21(22)26-25(27)17-14-15-20-19-10-4-7-13-23(19)28-24(20)16-17;1-14(2)11-17-12-19(16-9-7-15(3)8-10-16)21-13-18(17)20(4,5)6;/h1-13,15-16H;7-9,12-14H,11H2,1-6H3;/q2*-1;/i;3D3,11D2;. The van der Waals surface area contributed by atoms with E-state index in [0.717, 1.165) is 54.4 Å². The number of pyridine rings is 1. The van der Waals surface area contributed by atoms with Crippen LogP contribution < -0.4 is 4.40 Å². The number of para-hydroxylation sites is 4. The summed E-state index contributed by atoms with van der Waals surface area (Å²) < 4.78 is 48.9. The number of benzene rings is 5. The molecule has 1 radical (unpaired) electrons. The fourth-order valence-electron chi connectivity index (χ4n) is 6.05. The van der Waals surface area contributed by atoms with Crippen molar-refractivity contribution in [1.82, 2.24) is 14.5 Å². The summed E-state index contributed by atoms with van der Waals surface area (Å²) in [5.41, 5.74) is 7.99. The van der Waals surface area contributed by atoms with Gasteiger partial charge in [-0.15, -0.1) is 17.7 Å². The molecule has 0 saturated heterocycles. The van der Waals surface area contributed by atoms with Gasteiger partial charge < -0.3 is 8.98 Å². The van der Waals surface area contributed by atoms with Crippen LogP contribution in [-0.2, 0) is 26.5 Å². The Hall–Kier alpha value is -4.29. The second-order valence-corrected chi connectivity index (χ2v) is 24.0. The fourth-order valence-corrected chi connectivity index (χ4v) is 9.00. The summed E-state index contributed by atoms with van der Waals surface area (Å²) in [5, 5.41) is 2.18. The van der Waals surface area contributed by atoms with Crippen LogP contribution in [-0.4, -0.2) is 27.8 Å². The van der Waals surface area contributed by atoms with Gasteiger partial charge in [0.25, 0.3) is 0 Å². The SMILES string of the molecule is [2H]C([2H])([2H])c1c[c-]c(-c2cc(C([2H])([2H])C(C)C)[c]([Ge]([CH3])([CH3])[CH3])cn2)cc1.[Ir].[c-]1cc2c(cc1-c1nc3ccccc3n1-c1ccccc1)oc1ccccc12. The van der Waals surface area contributed by atoms with E-state index in [2.05, 4.69) is 63.2 Å². The quantitative estimate of drug-likeness (QED) is 0.123. The van der Waals surface area contributed by atoms with Crippen molar-refractivity contribution in [1.29, 1.82) is 0 Å². The Morgan fingerprint density at radius 2 is 1.56 bits per heavy atom. The molecule has 253 valence electrons. The van der Waals surface area contributed by atoms with Crippen molar-refractivity contribution in [2.24, 2.45) is 5.92 Å². The molecule has 0 saturated carbocycles. The summed E-state index contributed by atoms with van der Waals surface area (Å²) in [4.78, 5) is 9.46. The van der Waals surface area contributed by atoms with Crippen LogP contribution in [0.4, 0.5) is 0 Å². The van der Waals surface area contributed by atoms with E-state index in [4.69, 9.17) is 16.3 Å². The summed E-state index contributed by atoms with van der Waals surface area (Å²) in [5.74, 6) is 7.38. The predicted molar refractivity (Wildman–Crippen MR) is 207 cm³/mol. The van der Waals surface area contributed by atoms with Crippen molar-refractivity contribution >= 4 is 50.6 Å². The summed E-state index contributed by atoms with van der Waals surface area (Å²) >= 11 is -2.32. The minimum Gasteiger partial charge on any atom is -0.476 e. The topological polar surface area (TPSA) is 43.9 Å². The summed E-state index contributed by atoms with van der Waals surface area (Å²) in [6.45, 7) is 1.61. The third-order valence-corrected chi connectivity index (χ3v) is 12.6. The molecule has 0 N–H and O–H groups in total. The molecule has 3 heterocycles. The molecular formula is C44H41GeIrN3O-2. The van der Waals surface area contributed by atoms with Crippen molar-refractivity contribution < 1.29 is 31.4 Å². The molecule has 0 aliphatic rings. The van der Waals surface area contributed by atoms with Crippen LogP contribution in [0.25, 0.3) is 61.3 Å². The van der Waals surface area contributed by atoms with Crippen LogP contribution in [0, 0.1) is 24.9 Å². The first-order valence-electron chi connectivity index (χ1n) is 19.0. The van der Waals surface area contributed by atoms with Crippen LogP contribution >= 0.6 is 0 Å². The molecule has 0 amide bonds. The van der Waals surface area contributed by atoms with Gasteiger partial charge in [-0.3, -0.25) is 4.98 Å². The first-order chi connectivity index (χ1) is 25.6. The maximum Gasteiger partial charge on any atom is 0.123 e. The number of aromatic nitrogens is 3. The largest absolute Gasteiger partial charge is 0.476 e. The van der Waals surface area contributed by atoms with E-state index >= 15 is 0 Å². The van der Waals surface area contributed by atoms with E-state index in [1.54, 1.807) is 12.1 Å². The summed E-state index contributed by atoms with van der Waals surface area (Å²) in [6.07, 6.45) is 0.362. The minimum absolute atomic E-state index is 0. The van der Waals surface area contributed by atoms with Crippen LogP contribution in [0.15, 0.2) is 126 Å². The van der Waals surface area contributed by atoms with E-state index in [0.29, 0.717) is 16.8 Å². The molecule has 8 aromatic rings. The third kappa shape index (κ3) is 7.41. The molecule has 8 rings (SSSR count). The van der Waals surface area contributed by atoms with Gasteiger partial charge in [0.05, 0.1) is 22.4 Å². The zero-order valence-electron chi connectivity index (χ0n) is 33.7. The zero-order chi connectivity index (χ0) is 38.4. The Bertz CT molecular complexity index is 2590. The number of imidazole rings is 1. The van der Waals surface area contributed by atoms with E-state index in [-0.39, 0.29) is 31.6 Å². The number of aryl methyl sites for hydroxylation is 1. The third-order valence-electron chi connectivity index (χ3n) is 8.37. The zero-order valence-corrected chi connectivity index (χ0v) is 33.2. The van der Waals surface area contributed by atoms with Gasteiger partial charge in [-0.05, 0) is 35.7 Å². The molecule has 0 atom stereocenters. The average molecular weight is 898 g/mol. The van der Waals surface area contributed by atoms with E-state index < -0.39 is 26.5 Å². The molecule has 0 aliphatic heterocycles. The summed E-state index contributed by atoms with van der Waals surface area (Å²) in [6, 6.07) is 43.6. The molecule has 4 nitrogen and oxygen atoms in total. The second kappa shape index (κ2) is 14.9. The van der Waals surface area contributed by atoms with Crippen molar-refractivity contribution in [2.45, 2.75) is 44.3 Å². The molecule has 0 aliphatic carbocycles. The fraction of sp³-hybridized carbons (Fsp3) is 0.182. The normalized spacial score (nSPS) is 13.5. The Morgan fingerprint density at radius 3 is 2.30 bits per heavy atom. The van der Waals surface area contributed by atoms with E-state index in [1.807, 2.05) is 92.8 Å². The van der Waals surface area contributed by atoms with Crippen LogP contribution in [0.5, 0.6) is 0 Å². The monoisotopic (exact) mass is 899 g/mol. The molecule has 0 unspecified atom stereocenters. The van der Waals surface area contributed by atoms with Gasteiger partial charge in [-0.2, -0.15) is 0 Å². The first kappa shape index (κ1) is 29.4. The molecule has 50 heavy (non-hydrogen) atoms. The number of hydrogen-bond donors (Lipinski definition) is 0. The Balaban J connectivity index is 0.000000185. The van der Waals surface area contributed by atoms with Crippen molar-refractivity contribution in [2.75, 3.05) is 0 Å². The molecule has 0 spiro atoms. The Labute approximate surface area is 318 Å². The molecule has 5 aromatic carbocycles. The molecule has 0 fully saturated rings. The minimum atomic E-state index is -2.32. The van der Waals surface area contributed by atoms with Crippen LogP contribution in [0.2, 0.25) is 17.3 Å². The van der Waals surface area contributed by atoms with E-state index in [9.17, 15) is 0 Å². The maximum absolute atomic E-state index is 8.60. The molecule has 6 heteroatoms. The van der Waals surface area contributed by atoms with Crippen LogP contribution in [0.3, 0.4) is 0 Å². The second-order valence-electron chi connectivity index (χ2n) is 13.5. The van der Waals surface area contributed by atoms with Gasteiger partial charge in [0, 0.05) is 25.8 Å². The smallest absolute Gasteiger partial charge is 0.123 e. The van der Waals surface area contributed by atoms with E-state index in [1.165, 1.54) is 6.07 Å². The number of nitrogens with zero attached hydrogens (tertiary/aromatic N) is 3. The molecular weight excluding hydrogens is 851 g/mol. The van der Waals surface area contributed by atoms with Gasteiger partial charge in [0.15, 0.2) is 0 Å². The molecule has 3 aromatic heterocycles. The van der Waals surface area contributed by atoms with Gasteiger partial charge in [0.1, 0.15) is 5.58 Å². The van der Waals surface area contributed by atoms with Crippen molar-refractivity contribution in [3.05, 3.63) is 145 Å². The number of furan rings is 1. The van der Waals surface area contributed by atoms with Crippen molar-refractivity contribution in [3.8, 4) is 28.3 Å². The predicted octanol–water partition coefficient (Wildman–Crippen LogP) is 11.0. The van der Waals surface area contributed by atoms with Crippen LogP contribution in [0.1, 0.15) is 31.8 Å². The molecule has 0 bridgehead atoms. The van der Waals surface area contributed by atoms with Gasteiger partial charge in [0.2, 0.25) is 0 Å². The number of rotatable bonds is 6. The summed E-state index contributed by atoms with van der Waals surface area (Å²) in [7, 11) is 0. The number of hydrogen-bond acceptors (Lipinski definition) is 3. The Morgan fingerprint density at radius 1 is 0.820 bits per heavy atom. The van der Waals surface area contributed by atoms with Gasteiger partial charge in [-0.1, -0.05) is 60.0 Å². The van der Waals surface area contributed by atoms with Crippen molar-refractivity contribution in [3.63, 3.8) is 0 Å².